The molecule has 0 saturated heterocycles. The summed E-state index contributed by atoms with van der Waals surface area (Å²) in [6.45, 7) is 6.10. The minimum atomic E-state index is -0.282. The smallest absolute Gasteiger partial charge is 0.273 e. The van der Waals surface area contributed by atoms with Crippen LogP contribution < -0.4 is 10.6 Å². The highest BCUT2D eigenvalue weighted by atomic mass is 16.5. The zero-order valence-electron chi connectivity index (χ0n) is 16.2. The Morgan fingerprint density at radius 1 is 1.15 bits per heavy atom. The van der Waals surface area contributed by atoms with Crippen LogP contribution in [0.1, 0.15) is 55.7 Å². The van der Waals surface area contributed by atoms with Gasteiger partial charge in [-0.3, -0.25) is 14.3 Å². The Hall–Kier alpha value is -2.67. The lowest BCUT2D eigenvalue weighted by atomic mass is 10.1. The lowest BCUT2D eigenvalue weighted by Crippen LogP contribution is -2.29. The highest BCUT2D eigenvalue weighted by Gasteiger charge is 2.31. The normalized spacial score (nSPS) is 14.1. The average molecular weight is 370 g/mol. The Morgan fingerprint density at radius 3 is 2.26 bits per heavy atom. The molecule has 1 aliphatic carbocycles. The van der Waals surface area contributed by atoms with Gasteiger partial charge in [0.15, 0.2) is 0 Å². The molecule has 0 unspecified atom stereocenters. The molecule has 1 aromatic heterocycles. The summed E-state index contributed by atoms with van der Waals surface area (Å²) in [5.74, 6) is 0.0617. The van der Waals surface area contributed by atoms with Crippen molar-refractivity contribution in [1.82, 2.24) is 9.78 Å². The SMILES string of the molecule is COCC(=O)Nc1ccc(NC(=O)c2cc(C3CC3)nn2C(C)(C)C)cc1. The van der Waals surface area contributed by atoms with E-state index in [0.717, 1.165) is 18.5 Å². The highest BCUT2D eigenvalue weighted by Crippen LogP contribution is 2.40. The van der Waals surface area contributed by atoms with E-state index in [1.54, 1.807) is 28.9 Å². The van der Waals surface area contributed by atoms with Crippen LogP contribution in [0, 0.1) is 0 Å². The maximum atomic E-state index is 12.8. The number of nitrogens with one attached hydrogen (secondary N) is 2. The molecular formula is C20H26N4O3. The van der Waals surface area contributed by atoms with Gasteiger partial charge in [0.25, 0.3) is 5.91 Å². The van der Waals surface area contributed by atoms with Crippen molar-refractivity contribution >= 4 is 23.2 Å². The maximum Gasteiger partial charge on any atom is 0.273 e. The van der Waals surface area contributed by atoms with Crippen molar-refractivity contribution in [2.75, 3.05) is 24.4 Å². The first kappa shape index (κ1) is 19.1. The van der Waals surface area contributed by atoms with Gasteiger partial charge in [-0.15, -0.1) is 0 Å². The molecule has 1 fully saturated rings. The fourth-order valence-electron chi connectivity index (χ4n) is 2.81. The summed E-state index contributed by atoms with van der Waals surface area (Å²) in [5.41, 5.74) is 2.56. The lowest BCUT2D eigenvalue weighted by Gasteiger charge is -2.22. The quantitative estimate of drug-likeness (QED) is 0.816. The van der Waals surface area contributed by atoms with Crippen LogP contribution >= 0.6 is 0 Å². The number of hydrogen-bond donors (Lipinski definition) is 2. The molecule has 2 aromatic rings. The number of hydrogen-bond acceptors (Lipinski definition) is 4. The monoisotopic (exact) mass is 370 g/mol. The molecule has 7 heteroatoms. The van der Waals surface area contributed by atoms with Gasteiger partial charge in [0.05, 0.1) is 11.2 Å². The molecular weight excluding hydrogens is 344 g/mol. The summed E-state index contributed by atoms with van der Waals surface area (Å²) in [6, 6.07) is 8.87. The molecule has 27 heavy (non-hydrogen) atoms. The van der Waals surface area contributed by atoms with Crippen molar-refractivity contribution in [3.8, 4) is 0 Å². The first-order valence-electron chi connectivity index (χ1n) is 9.08. The molecule has 1 aromatic carbocycles. The Labute approximate surface area is 159 Å². The lowest BCUT2D eigenvalue weighted by molar-refractivity contribution is -0.119. The van der Waals surface area contributed by atoms with Crippen LogP contribution in [0.3, 0.4) is 0 Å². The van der Waals surface area contributed by atoms with E-state index in [-0.39, 0.29) is 24.0 Å². The van der Waals surface area contributed by atoms with Crippen molar-refractivity contribution in [3.63, 3.8) is 0 Å². The van der Waals surface area contributed by atoms with E-state index in [2.05, 4.69) is 15.7 Å². The van der Waals surface area contributed by atoms with Crippen LogP contribution in [0.25, 0.3) is 0 Å². The first-order chi connectivity index (χ1) is 12.8. The molecule has 3 rings (SSSR count). The second kappa shape index (κ2) is 7.52. The Morgan fingerprint density at radius 2 is 1.74 bits per heavy atom. The Kier molecular flexibility index (Phi) is 5.32. The largest absolute Gasteiger partial charge is 0.375 e. The van der Waals surface area contributed by atoms with Gasteiger partial charge in [-0.1, -0.05) is 0 Å². The van der Waals surface area contributed by atoms with Crippen LogP contribution in [0.4, 0.5) is 11.4 Å². The Bertz CT molecular complexity index is 830. The van der Waals surface area contributed by atoms with E-state index in [4.69, 9.17) is 4.74 Å². The Balaban J connectivity index is 1.72. The molecule has 1 aliphatic rings. The molecule has 0 atom stereocenters. The second-order valence-electron chi connectivity index (χ2n) is 7.82. The van der Waals surface area contributed by atoms with Crippen LogP contribution in [-0.2, 0) is 15.1 Å². The summed E-state index contributed by atoms with van der Waals surface area (Å²) < 4.78 is 6.59. The van der Waals surface area contributed by atoms with Gasteiger partial charge in [-0.2, -0.15) is 5.10 Å². The fraction of sp³-hybridized carbons (Fsp3) is 0.450. The first-order valence-corrected chi connectivity index (χ1v) is 9.08. The maximum absolute atomic E-state index is 12.8. The van der Waals surface area contributed by atoms with Crippen LogP contribution in [0.5, 0.6) is 0 Å². The molecule has 1 saturated carbocycles. The van der Waals surface area contributed by atoms with E-state index in [1.165, 1.54) is 7.11 Å². The van der Waals surface area contributed by atoms with Crippen molar-refractivity contribution in [2.45, 2.75) is 45.1 Å². The summed E-state index contributed by atoms with van der Waals surface area (Å²) in [5, 5.41) is 10.3. The zero-order chi connectivity index (χ0) is 19.6. The molecule has 0 radical (unpaired) electrons. The average Bonchev–Trinajstić information content (AvgIpc) is 3.33. The van der Waals surface area contributed by atoms with E-state index in [1.807, 2.05) is 26.8 Å². The third-order valence-corrected chi connectivity index (χ3v) is 4.29. The molecule has 0 aliphatic heterocycles. The second-order valence-corrected chi connectivity index (χ2v) is 7.82. The van der Waals surface area contributed by atoms with Gasteiger partial charge in [-0.25, -0.2) is 0 Å². The van der Waals surface area contributed by atoms with E-state index >= 15 is 0 Å². The summed E-state index contributed by atoms with van der Waals surface area (Å²) in [6.07, 6.45) is 2.27. The van der Waals surface area contributed by atoms with Gasteiger partial charge < -0.3 is 15.4 Å². The van der Waals surface area contributed by atoms with Crippen molar-refractivity contribution in [2.24, 2.45) is 0 Å². The number of rotatable bonds is 6. The van der Waals surface area contributed by atoms with Gasteiger partial charge in [0.1, 0.15) is 12.3 Å². The third-order valence-electron chi connectivity index (χ3n) is 4.29. The minimum Gasteiger partial charge on any atom is -0.375 e. The molecule has 0 bridgehead atoms. The topological polar surface area (TPSA) is 85.2 Å². The molecule has 1 heterocycles. The van der Waals surface area contributed by atoms with Crippen molar-refractivity contribution in [1.29, 1.82) is 0 Å². The van der Waals surface area contributed by atoms with Gasteiger partial charge in [0.2, 0.25) is 5.91 Å². The van der Waals surface area contributed by atoms with E-state index in [9.17, 15) is 9.59 Å². The van der Waals surface area contributed by atoms with Crippen molar-refractivity contribution < 1.29 is 14.3 Å². The summed E-state index contributed by atoms with van der Waals surface area (Å²) in [7, 11) is 1.47. The number of anilines is 2. The summed E-state index contributed by atoms with van der Waals surface area (Å²) in [4.78, 5) is 24.4. The number of carbonyl (C=O) groups is 2. The number of ether oxygens (including phenoxy) is 1. The predicted molar refractivity (Wildman–Crippen MR) is 104 cm³/mol. The number of aromatic nitrogens is 2. The standard InChI is InChI=1S/C20H26N4O3/c1-20(2,3)24-17(11-16(23-24)13-5-6-13)19(26)22-15-9-7-14(8-10-15)21-18(25)12-27-4/h7-11,13H,5-6,12H2,1-4H3,(H,21,25)(H,22,26). The van der Waals surface area contributed by atoms with Gasteiger partial charge >= 0.3 is 0 Å². The number of benzene rings is 1. The molecule has 2 N–H and O–H groups in total. The minimum absolute atomic E-state index is 0.00138. The molecule has 0 spiro atoms. The molecule has 144 valence electrons. The van der Waals surface area contributed by atoms with Crippen LogP contribution in [0.2, 0.25) is 0 Å². The van der Waals surface area contributed by atoms with Crippen LogP contribution in [0.15, 0.2) is 30.3 Å². The fourth-order valence-corrected chi connectivity index (χ4v) is 2.81. The predicted octanol–water partition coefficient (Wildman–Crippen LogP) is 3.35. The number of methoxy groups -OCH3 is 1. The van der Waals surface area contributed by atoms with Crippen molar-refractivity contribution in [3.05, 3.63) is 41.7 Å². The van der Waals surface area contributed by atoms with Crippen LogP contribution in [-0.4, -0.2) is 35.3 Å². The third kappa shape index (κ3) is 4.74. The van der Waals surface area contributed by atoms with E-state index in [0.29, 0.717) is 23.0 Å². The molecule has 2 amide bonds. The number of nitrogens with zero attached hydrogens (tertiary/aromatic N) is 2. The summed E-state index contributed by atoms with van der Waals surface area (Å²) >= 11 is 0. The zero-order valence-corrected chi connectivity index (χ0v) is 16.2. The number of carbonyl (C=O) groups excluding carboxylic acids is 2. The van der Waals surface area contributed by atoms with Gasteiger partial charge in [0, 0.05) is 24.4 Å². The molecule has 7 nitrogen and oxygen atoms in total. The highest BCUT2D eigenvalue weighted by molar-refractivity contribution is 6.03. The van der Waals surface area contributed by atoms with Gasteiger partial charge in [-0.05, 0) is 63.9 Å². The number of amides is 2. The van der Waals surface area contributed by atoms with E-state index < -0.39 is 0 Å².